The summed E-state index contributed by atoms with van der Waals surface area (Å²) in [5.41, 5.74) is 9.08. The summed E-state index contributed by atoms with van der Waals surface area (Å²) >= 11 is 0. The topological polar surface area (TPSA) is 59.1 Å². The Morgan fingerprint density at radius 1 is 1.16 bits per heavy atom. The number of pyridine rings is 1. The lowest BCUT2D eigenvalue weighted by Gasteiger charge is -2.25. The summed E-state index contributed by atoms with van der Waals surface area (Å²) < 4.78 is 0. The highest BCUT2D eigenvalue weighted by atomic mass is 16.3. The van der Waals surface area contributed by atoms with Crippen molar-refractivity contribution in [2.75, 3.05) is 5.73 Å². The zero-order valence-electron chi connectivity index (χ0n) is 11.6. The molecule has 1 heterocycles. The Labute approximate surface area is 114 Å². The Morgan fingerprint density at radius 3 is 2.53 bits per heavy atom. The first-order valence-corrected chi connectivity index (χ1v) is 6.39. The molecular weight excluding hydrogens is 236 g/mol. The van der Waals surface area contributed by atoms with Crippen LogP contribution in [0.4, 0.5) is 5.82 Å². The van der Waals surface area contributed by atoms with Crippen molar-refractivity contribution in [3.8, 4) is 0 Å². The monoisotopic (exact) mass is 256 g/mol. The second kappa shape index (κ2) is 5.02. The number of hydrogen-bond donors (Lipinski definition) is 2. The van der Waals surface area contributed by atoms with E-state index in [-0.39, 0.29) is 0 Å². The van der Waals surface area contributed by atoms with Gasteiger partial charge in [-0.25, -0.2) is 4.98 Å². The molecule has 0 amide bonds. The molecule has 3 nitrogen and oxygen atoms in total. The lowest BCUT2D eigenvalue weighted by molar-refractivity contribution is 0.0575. The van der Waals surface area contributed by atoms with Gasteiger partial charge in [0.2, 0.25) is 0 Å². The highest BCUT2D eigenvalue weighted by Crippen LogP contribution is 2.27. The molecule has 1 aromatic carbocycles. The average Bonchev–Trinajstić information content (AvgIpc) is 2.32. The van der Waals surface area contributed by atoms with Crippen molar-refractivity contribution in [1.82, 2.24) is 4.98 Å². The van der Waals surface area contributed by atoms with Gasteiger partial charge in [-0.15, -0.1) is 0 Å². The van der Waals surface area contributed by atoms with Gasteiger partial charge in [-0.05, 0) is 55.2 Å². The molecule has 0 aliphatic heterocycles. The van der Waals surface area contributed by atoms with Gasteiger partial charge >= 0.3 is 0 Å². The van der Waals surface area contributed by atoms with E-state index >= 15 is 0 Å². The van der Waals surface area contributed by atoms with Gasteiger partial charge in [0.05, 0.1) is 5.60 Å². The van der Waals surface area contributed by atoms with E-state index in [1.165, 1.54) is 11.1 Å². The second-order valence-electron chi connectivity index (χ2n) is 5.34. The molecule has 1 unspecified atom stereocenters. The summed E-state index contributed by atoms with van der Waals surface area (Å²) in [6.45, 7) is 5.95. The number of aliphatic hydroxyl groups is 1. The summed E-state index contributed by atoms with van der Waals surface area (Å²) in [6, 6.07) is 9.74. The molecule has 3 heteroatoms. The number of anilines is 1. The molecular formula is C16H20N2O. The van der Waals surface area contributed by atoms with Crippen LogP contribution in [0, 0.1) is 13.8 Å². The molecule has 0 bridgehead atoms. The summed E-state index contributed by atoms with van der Waals surface area (Å²) in [5, 5.41) is 10.7. The normalized spacial score (nSPS) is 14.1. The zero-order valence-corrected chi connectivity index (χ0v) is 11.6. The van der Waals surface area contributed by atoms with E-state index in [1.54, 1.807) is 12.3 Å². The largest absolute Gasteiger partial charge is 0.385 e. The van der Waals surface area contributed by atoms with E-state index in [2.05, 4.69) is 18.8 Å². The number of benzene rings is 1. The van der Waals surface area contributed by atoms with Crippen molar-refractivity contribution in [2.24, 2.45) is 0 Å². The minimum atomic E-state index is -0.910. The molecule has 0 saturated heterocycles. The number of nitrogen functional groups attached to an aromatic ring is 1. The SMILES string of the molecule is Cc1ccc(C(C)(O)Cc2ccnc(N)c2)cc1C. The van der Waals surface area contributed by atoms with Gasteiger partial charge in [0.1, 0.15) is 5.82 Å². The van der Waals surface area contributed by atoms with Crippen LogP contribution in [0.15, 0.2) is 36.5 Å². The van der Waals surface area contributed by atoms with Gasteiger partial charge in [0.15, 0.2) is 0 Å². The van der Waals surface area contributed by atoms with Gasteiger partial charge in [0, 0.05) is 12.6 Å². The molecule has 2 rings (SSSR count). The quantitative estimate of drug-likeness (QED) is 0.887. The summed E-state index contributed by atoms with van der Waals surface area (Å²) in [7, 11) is 0. The molecule has 19 heavy (non-hydrogen) atoms. The molecule has 0 spiro atoms. The van der Waals surface area contributed by atoms with Crippen molar-refractivity contribution in [3.63, 3.8) is 0 Å². The highest BCUT2D eigenvalue weighted by Gasteiger charge is 2.24. The van der Waals surface area contributed by atoms with Crippen molar-refractivity contribution in [3.05, 3.63) is 58.8 Å². The number of aryl methyl sites for hydroxylation is 2. The van der Waals surface area contributed by atoms with E-state index in [9.17, 15) is 5.11 Å². The third kappa shape index (κ3) is 3.12. The summed E-state index contributed by atoms with van der Waals surface area (Å²) in [4.78, 5) is 3.96. The predicted molar refractivity (Wildman–Crippen MR) is 77.8 cm³/mol. The minimum Gasteiger partial charge on any atom is -0.385 e. The Hall–Kier alpha value is -1.87. The van der Waals surface area contributed by atoms with Crippen molar-refractivity contribution in [2.45, 2.75) is 32.8 Å². The molecule has 0 aliphatic carbocycles. The first-order chi connectivity index (χ1) is 8.88. The number of nitrogens with zero attached hydrogens (tertiary/aromatic N) is 1. The first kappa shape index (κ1) is 13.6. The van der Waals surface area contributed by atoms with E-state index in [0.717, 1.165) is 11.1 Å². The fraction of sp³-hybridized carbons (Fsp3) is 0.312. The van der Waals surface area contributed by atoms with Gasteiger partial charge < -0.3 is 10.8 Å². The fourth-order valence-electron chi connectivity index (χ4n) is 2.18. The second-order valence-corrected chi connectivity index (χ2v) is 5.34. The third-order valence-corrected chi connectivity index (χ3v) is 3.52. The first-order valence-electron chi connectivity index (χ1n) is 6.39. The van der Waals surface area contributed by atoms with E-state index in [1.807, 2.05) is 31.2 Å². The van der Waals surface area contributed by atoms with Crippen LogP contribution in [0.2, 0.25) is 0 Å². The Morgan fingerprint density at radius 2 is 1.89 bits per heavy atom. The smallest absolute Gasteiger partial charge is 0.123 e. The number of hydrogen-bond acceptors (Lipinski definition) is 3. The molecule has 3 N–H and O–H groups in total. The number of aromatic nitrogens is 1. The maximum absolute atomic E-state index is 10.7. The van der Waals surface area contributed by atoms with E-state index in [4.69, 9.17) is 5.73 Å². The molecule has 100 valence electrons. The van der Waals surface area contributed by atoms with E-state index < -0.39 is 5.60 Å². The minimum absolute atomic E-state index is 0.480. The van der Waals surface area contributed by atoms with Crippen LogP contribution in [0.3, 0.4) is 0 Å². The van der Waals surface area contributed by atoms with Crippen LogP contribution in [-0.4, -0.2) is 10.1 Å². The Kier molecular flexibility index (Phi) is 3.58. The molecule has 1 aromatic heterocycles. The van der Waals surface area contributed by atoms with Gasteiger partial charge in [0.25, 0.3) is 0 Å². The van der Waals surface area contributed by atoms with Crippen LogP contribution in [0.5, 0.6) is 0 Å². The third-order valence-electron chi connectivity index (χ3n) is 3.52. The van der Waals surface area contributed by atoms with E-state index in [0.29, 0.717) is 12.2 Å². The van der Waals surface area contributed by atoms with Crippen LogP contribution < -0.4 is 5.73 Å². The maximum atomic E-state index is 10.7. The van der Waals surface area contributed by atoms with Crippen molar-refractivity contribution in [1.29, 1.82) is 0 Å². The van der Waals surface area contributed by atoms with Crippen LogP contribution in [0.1, 0.15) is 29.2 Å². The van der Waals surface area contributed by atoms with Crippen molar-refractivity contribution < 1.29 is 5.11 Å². The van der Waals surface area contributed by atoms with Crippen LogP contribution in [0.25, 0.3) is 0 Å². The van der Waals surface area contributed by atoms with Crippen molar-refractivity contribution >= 4 is 5.82 Å². The average molecular weight is 256 g/mol. The lowest BCUT2D eigenvalue weighted by atomic mass is 9.88. The molecule has 0 fully saturated rings. The maximum Gasteiger partial charge on any atom is 0.123 e. The predicted octanol–water partition coefficient (Wildman–Crippen LogP) is 2.73. The van der Waals surface area contributed by atoms with Gasteiger partial charge in [-0.3, -0.25) is 0 Å². The number of nitrogens with two attached hydrogens (primary N) is 1. The van der Waals surface area contributed by atoms with Crippen LogP contribution >= 0.6 is 0 Å². The summed E-state index contributed by atoms with van der Waals surface area (Å²) in [5.74, 6) is 0.480. The molecule has 0 saturated carbocycles. The highest BCUT2D eigenvalue weighted by molar-refractivity contribution is 5.36. The zero-order chi connectivity index (χ0) is 14.0. The molecule has 0 aliphatic rings. The molecule has 1 atom stereocenters. The lowest BCUT2D eigenvalue weighted by Crippen LogP contribution is -2.24. The fourth-order valence-corrected chi connectivity index (χ4v) is 2.18. The molecule has 2 aromatic rings. The standard InChI is InChI=1S/C16H20N2O/c1-11-4-5-14(8-12(11)2)16(3,19)10-13-6-7-18-15(17)9-13/h4-9,19H,10H2,1-3H3,(H2,17,18). The van der Waals surface area contributed by atoms with Crippen LogP contribution in [-0.2, 0) is 12.0 Å². The molecule has 0 radical (unpaired) electrons. The summed E-state index contributed by atoms with van der Waals surface area (Å²) in [6.07, 6.45) is 2.18. The Balaban J connectivity index is 2.29. The van der Waals surface area contributed by atoms with Gasteiger partial charge in [-0.2, -0.15) is 0 Å². The van der Waals surface area contributed by atoms with Gasteiger partial charge in [-0.1, -0.05) is 18.2 Å². The number of rotatable bonds is 3. The Bertz CT molecular complexity index is 591.